The number of aryl methyl sites for hydroxylation is 1. The molecule has 172 valence electrons. The van der Waals surface area contributed by atoms with Crippen molar-refractivity contribution < 1.29 is 19.1 Å². The number of rotatable bonds is 5. The number of amides is 4. The highest BCUT2D eigenvalue weighted by Crippen LogP contribution is 2.30. The maximum atomic E-state index is 13.1. The van der Waals surface area contributed by atoms with Crippen LogP contribution in [0.4, 0.5) is 10.5 Å². The molecule has 1 fully saturated rings. The van der Waals surface area contributed by atoms with Crippen molar-refractivity contribution in [3.05, 3.63) is 97.4 Å². The zero-order valence-corrected chi connectivity index (χ0v) is 20.9. The fourth-order valence-corrected chi connectivity index (χ4v) is 4.09. The van der Waals surface area contributed by atoms with Gasteiger partial charge in [0, 0.05) is 15.1 Å². The number of nitrogens with zero attached hydrogens (tertiary/aromatic N) is 1. The molecule has 3 aromatic carbocycles. The number of carbonyl (C=O) groups excluding carboxylic acids is 3. The van der Waals surface area contributed by atoms with Gasteiger partial charge >= 0.3 is 6.03 Å². The van der Waals surface area contributed by atoms with Gasteiger partial charge in [0.25, 0.3) is 11.8 Å². The smallest absolute Gasteiger partial charge is 0.335 e. The third kappa shape index (κ3) is 5.01. The topological polar surface area (TPSA) is 75.7 Å². The van der Waals surface area contributed by atoms with Crippen LogP contribution in [0.15, 0.2) is 70.7 Å². The lowest BCUT2D eigenvalue weighted by atomic mass is 10.1. The van der Waals surface area contributed by atoms with Crippen LogP contribution in [0, 0.1) is 6.92 Å². The van der Waals surface area contributed by atoms with Crippen LogP contribution in [0.2, 0.25) is 10.0 Å². The van der Waals surface area contributed by atoms with Crippen molar-refractivity contribution in [2.45, 2.75) is 13.5 Å². The average Bonchev–Trinajstić information content (AvgIpc) is 2.79. The van der Waals surface area contributed by atoms with Gasteiger partial charge < -0.3 is 4.74 Å². The van der Waals surface area contributed by atoms with E-state index in [2.05, 4.69) is 21.2 Å². The zero-order chi connectivity index (χ0) is 24.4. The van der Waals surface area contributed by atoms with E-state index in [0.29, 0.717) is 28.0 Å². The number of carbonyl (C=O) groups is 3. The van der Waals surface area contributed by atoms with Crippen LogP contribution >= 0.6 is 39.1 Å². The lowest BCUT2D eigenvalue weighted by Crippen LogP contribution is -2.54. The Morgan fingerprint density at radius 1 is 1.00 bits per heavy atom. The quantitative estimate of drug-likeness (QED) is 0.293. The molecule has 3 aromatic rings. The van der Waals surface area contributed by atoms with Crippen LogP contribution in [-0.2, 0) is 16.2 Å². The van der Waals surface area contributed by atoms with E-state index in [1.807, 2.05) is 24.3 Å². The molecular weight excluding hydrogens is 543 g/mol. The highest BCUT2D eigenvalue weighted by atomic mass is 79.9. The Labute approximate surface area is 214 Å². The van der Waals surface area contributed by atoms with E-state index in [4.69, 9.17) is 27.9 Å². The molecule has 34 heavy (non-hydrogen) atoms. The van der Waals surface area contributed by atoms with Crippen LogP contribution in [0.5, 0.6) is 5.75 Å². The number of imide groups is 2. The van der Waals surface area contributed by atoms with Gasteiger partial charge in [-0.3, -0.25) is 14.9 Å². The summed E-state index contributed by atoms with van der Waals surface area (Å²) in [4.78, 5) is 38.7. The molecule has 0 bridgehead atoms. The molecule has 0 atom stereocenters. The molecule has 1 N–H and O–H groups in total. The monoisotopic (exact) mass is 558 g/mol. The van der Waals surface area contributed by atoms with E-state index in [9.17, 15) is 14.4 Å². The molecule has 0 unspecified atom stereocenters. The standard InChI is InChI=1S/C25H17BrCl2N2O4/c1-14-6-8-17(12-20(14)27)30-24(32)18(23(31)29-25(30)33)10-15-7-9-22(21(28)11-15)34-13-16-4-2-3-5-19(16)26/h2-12H,13H2,1H3,(H,29,31,33)/b18-10+. The third-order valence-corrected chi connectivity index (χ3v) is 6.60. The lowest BCUT2D eigenvalue weighted by Gasteiger charge is -2.26. The molecule has 1 heterocycles. The Balaban J connectivity index is 1.58. The molecular formula is C25H17BrCl2N2O4. The van der Waals surface area contributed by atoms with Crippen molar-refractivity contribution in [2.75, 3.05) is 4.90 Å². The maximum Gasteiger partial charge on any atom is 0.335 e. The van der Waals surface area contributed by atoms with E-state index in [-0.39, 0.29) is 11.3 Å². The number of anilines is 1. The minimum atomic E-state index is -0.846. The Bertz CT molecular complexity index is 1360. The van der Waals surface area contributed by atoms with Crippen LogP contribution in [0.1, 0.15) is 16.7 Å². The second kappa shape index (κ2) is 10.0. The maximum absolute atomic E-state index is 13.1. The summed E-state index contributed by atoms with van der Waals surface area (Å²) in [5, 5.41) is 2.89. The number of barbiturate groups is 1. The molecule has 0 saturated carbocycles. The first kappa shape index (κ1) is 24.0. The normalized spacial score (nSPS) is 15.0. The highest BCUT2D eigenvalue weighted by Gasteiger charge is 2.37. The number of urea groups is 1. The Hall–Kier alpha value is -3.13. The predicted molar refractivity (Wildman–Crippen MR) is 135 cm³/mol. The summed E-state index contributed by atoms with van der Waals surface area (Å²) in [7, 11) is 0. The summed E-state index contributed by atoms with van der Waals surface area (Å²) in [5.74, 6) is -1.11. The minimum absolute atomic E-state index is 0.214. The van der Waals surface area contributed by atoms with Crippen LogP contribution in [0.25, 0.3) is 6.08 Å². The van der Waals surface area contributed by atoms with Gasteiger partial charge in [0.05, 0.1) is 10.7 Å². The van der Waals surface area contributed by atoms with E-state index in [1.54, 1.807) is 37.3 Å². The summed E-state index contributed by atoms with van der Waals surface area (Å²) >= 11 is 16.0. The van der Waals surface area contributed by atoms with Crippen LogP contribution in [-0.4, -0.2) is 17.8 Å². The van der Waals surface area contributed by atoms with Crippen molar-refractivity contribution in [1.82, 2.24) is 5.32 Å². The molecule has 1 aliphatic heterocycles. The van der Waals surface area contributed by atoms with Gasteiger partial charge in [-0.2, -0.15) is 0 Å². The predicted octanol–water partition coefficient (Wildman–Crippen LogP) is 6.31. The van der Waals surface area contributed by atoms with Crippen LogP contribution < -0.4 is 15.0 Å². The Kier molecular flexibility index (Phi) is 7.07. The number of halogens is 3. The molecule has 4 rings (SSSR count). The fraction of sp³-hybridized carbons (Fsp3) is 0.0800. The van der Waals surface area contributed by atoms with Crippen molar-refractivity contribution in [3.8, 4) is 5.75 Å². The number of hydrogen-bond acceptors (Lipinski definition) is 4. The van der Waals surface area contributed by atoms with E-state index >= 15 is 0 Å². The molecule has 0 spiro atoms. The van der Waals surface area contributed by atoms with Crippen molar-refractivity contribution in [2.24, 2.45) is 0 Å². The van der Waals surface area contributed by atoms with E-state index in [1.165, 1.54) is 12.1 Å². The molecule has 1 saturated heterocycles. The first-order valence-corrected chi connectivity index (χ1v) is 11.6. The zero-order valence-electron chi connectivity index (χ0n) is 17.8. The van der Waals surface area contributed by atoms with Gasteiger partial charge in [0.15, 0.2) is 0 Å². The van der Waals surface area contributed by atoms with Gasteiger partial charge in [0.2, 0.25) is 0 Å². The Morgan fingerprint density at radius 2 is 1.76 bits per heavy atom. The van der Waals surface area contributed by atoms with Gasteiger partial charge in [-0.15, -0.1) is 0 Å². The summed E-state index contributed by atoms with van der Waals surface area (Å²) in [6, 6.07) is 16.5. The number of nitrogens with one attached hydrogen (secondary N) is 1. The summed E-state index contributed by atoms with van der Waals surface area (Å²) in [6.07, 6.45) is 1.37. The van der Waals surface area contributed by atoms with Gasteiger partial charge in [0.1, 0.15) is 17.9 Å². The SMILES string of the molecule is Cc1ccc(N2C(=O)NC(=O)/C(=C\c3ccc(OCc4ccccc4Br)c(Cl)c3)C2=O)cc1Cl. The molecule has 1 aliphatic rings. The van der Waals surface area contributed by atoms with Gasteiger partial charge in [-0.05, 0) is 54.5 Å². The lowest BCUT2D eigenvalue weighted by molar-refractivity contribution is -0.122. The minimum Gasteiger partial charge on any atom is -0.487 e. The fourth-order valence-electron chi connectivity index (χ4n) is 3.27. The summed E-state index contributed by atoms with van der Waals surface area (Å²) < 4.78 is 6.73. The first-order chi connectivity index (χ1) is 16.2. The second-order valence-electron chi connectivity index (χ2n) is 7.46. The van der Waals surface area contributed by atoms with E-state index in [0.717, 1.165) is 20.5 Å². The van der Waals surface area contributed by atoms with Crippen molar-refractivity contribution in [1.29, 1.82) is 0 Å². The third-order valence-electron chi connectivity index (χ3n) is 5.12. The summed E-state index contributed by atoms with van der Waals surface area (Å²) in [5.41, 5.74) is 2.28. The largest absolute Gasteiger partial charge is 0.487 e. The van der Waals surface area contributed by atoms with Crippen LogP contribution in [0.3, 0.4) is 0 Å². The van der Waals surface area contributed by atoms with Crippen molar-refractivity contribution >= 4 is 68.7 Å². The molecule has 0 aromatic heterocycles. The molecule has 0 aliphatic carbocycles. The van der Waals surface area contributed by atoms with Gasteiger partial charge in [-0.1, -0.05) is 69.5 Å². The number of ether oxygens (including phenoxy) is 1. The molecule has 0 radical (unpaired) electrons. The molecule has 4 amide bonds. The van der Waals surface area contributed by atoms with Gasteiger partial charge in [-0.25, -0.2) is 9.69 Å². The van der Waals surface area contributed by atoms with E-state index < -0.39 is 17.8 Å². The number of benzene rings is 3. The summed E-state index contributed by atoms with van der Waals surface area (Å²) in [6.45, 7) is 2.10. The highest BCUT2D eigenvalue weighted by molar-refractivity contribution is 9.10. The van der Waals surface area contributed by atoms with Crippen molar-refractivity contribution in [3.63, 3.8) is 0 Å². The number of hydrogen-bond donors (Lipinski definition) is 1. The Morgan fingerprint density at radius 3 is 2.47 bits per heavy atom. The first-order valence-electron chi connectivity index (χ1n) is 10.1. The molecule has 6 nitrogen and oxygen atoms in total. The molecule has 9 heteroatoms. The second-order valence-corrected chi connectivity index (χ2v) is 9.13. The average molecular weight is 560 g/mol.